The molecule has 1 aliphatic rings. The Morgan fingerprint density at radius 2 is 1.92 bits per heavy atom. The molecule has 0 N–H and O–H groups in total. The number of hydrogen-bond donors (Lipinski definition) is 0. The van der Waals surface area contributed by atoms with Crippen molar-refractivity contribution in [1.29, 1.82) is 0 Å². The Kier molecular flexibility index (Phi) is 4.37. The van der Waals surface area contributed by atoms with E-state index in [1.165, 1.54) is 0 Å². The van der Waals surface area contributed by atoms with Gasteiger partial charge in [-0.25, -0.2) is 4.98 Å². The lowest BCUT2D eigenvalue weighted by Crippen LogP contribution is -2.37. The molecule has 1 fully saturated rings. The molecule has 0 spiro atoms. The van der Waals surface area contributed by atoms with E-state index >= 15 is 0 Å². The molecule has 2 aromatic heterocycles. The van der Waals surface area contributed by atoms with Gasteiger partial charge in [0.1, 0.15) is 11.6 Å². The first-order valence-corrected chi connectivity index (χ1v) is 8.75. The Labute approximate surface area is 146 Å². The van der Waals surface area contributed by atoms with E-state index in [4.69, 9.17) is 4.42 Å². The van der Waals surface area contributed by atoms with E-state index in [1.54, 1.807) is 6.26 Å². The van der Waals surface area contributed by atoms with Crippen LogP contribution in [0.3, 0.4) is 0 Å². The molecule has 0 atom stereocenters. The van der Waals surface area contributed by atoms with Crippen molar-refractivity contribution in [1.82, 2.24) is 14.5 Å². The number of benzene rings is 1. The molecule has 0 saturated carbocycles. The third-order valence-corrected chi connectivity index (χ3v) is 4.70. The summed E-state index contributed by atoms with van der Waals surface area (Å²) in [5.74, 6) is 2.00. The highest BCUT2D eigenvalue weighted by molar-refractivity contribution is 5.78. The fraction of sp³-hybridized carbons (Fsp3) is 0.300. The van der Waals surface area contributed by atoms with Crippen molar-refractivity contribution in [3.8, 4) is 22.7 Å². The van der Waals surface area contributed by atoms with Gasteiger partial charge in [0.05, 0.1) is 6.26 Å². The zero-order valence-electron chi connectivity index (χ0n) is 14.1. The first kappa shape index (κ1) is 15.7. The standard InChI is InChI=1S/C20H21N3O2/c24-19-9-3-4-11-22(19)13-14-23-12-10-21-20(23)17-7-2-1-6-16(17)18-8-5-15-25-18/h1-2,5-8,10,12,15H,3-4,9,11,13-14H2. The van der Waals surface area contributed by atoms with E-state index in [2.05, 4.69) is 15.6 Å². The van der Waals surface area contributed by atoms with Crippen LogP contribution in [-0.2, 0) is 11.3 Å². The summed E-state index contributed by atoms with van der Waals surface area (Å²) < 4.78 is 7.69. The van der Waals surface area contributed by atoms with Crippen LogP contribution in [0.2, 0.25) is 0 Å². The predicted octanol–water partition coefficient (Wildman–Crippen LogP) is 3.82. The quantitative estimate of drug-likeness (QED) is 0.712. The molecule has 3 heterocycles. The average molecular weight is 335 g/mol. The van der Waals surface area contributed by atoms with E-state index in [9.17, 15) is 4.79 Å². The summed E-state index contributed by atoms with van der Waals surface area (Å²) >= 11 is 0. The van der Waals surface area contributed by atoms with Gasteiger partial charge in [-0.05, 0) is 25.0 Å². The number of aromatic nitrogens is 2. The smallest absolute Gasteiger partial charge is 0.222 e. The van der Waals surface area contributed by atoms with E-state index in [0.717, 1.165) is 55.2 Å². The largest absolute Gasteiger partial charge is 0.464 e. The van der Waals surface area contributed by atoms with E-state index in [0.29, 0.717) is 6.42 Å². The van der Waals surface area contributed by atoms with Crippen LogP contribution in [0.25, 0.3) is 22.7 Å². The molecule has 4 rings (SSSR count). The molecule has 128 valence electrons. The lowest BCUT2D eigenvalue weighted by atomic mass is 10.0. The molecular weight excluding hydrogens is 314 g/mol. The molecule has 5 nitrogen and oxygen atoms in total. The molecule has 1 amide bonds. The minimum Gasteiger partial charge on any atom is -0.464 e. The fourth-order valence-electron chi connectivity index (χ4n) is 3.39. The van der Waals surface area contributed by atoms with E-state index in [1.807, 2.05) is 47.6 Å². The topological polar surface area (TPSA) is 51.3 Å². The molecule has 0 aliphatic carbocycles. The summed E-state index contributed by atoms with van der Waals surface area (Å²) in [5, 5.41) is 0. The molecule has 0 unspecified atom stereocenters. The third kappa shape index (κ3) is 3.22. The van der Waals surface area contributed by atoms with Crippen LogP contribution in [0.5, 0.6) is 0 Å². The van der Waals surface area contributed by atoms with Gasteiger partial charge in [0.15, 0.2) is 0 Å². The number of nitrogens with zero attached hydrogens (tertiary/aromatic N) is 3. The minimum absolute atomic E-state index is 0.268. The molecule has 5 heteroatoms. The number of furan rings is 1. The van der Waals surface area contributed by atoms with E-state index in [-0.39, 0.29) is 5.91 Å². The SMILES string of the molecule is O=C1CCCCN1CCn1ccnc1-c1ccccc1-c1ccco1. The maximum absolute atomic E-state index is 12.0. The number of carbonyl (C=O) groups is 1. The Morgan fingerprint density at radius 1 is 1.04 bits per heavy atom. The normalized spacial score (nSPS) is 14.9. The summed E-state index contributed by atoms with van der Waals surface area (Å²) in [6.45, 7) is 2.34. The number of carbonyl (C=O) groups excluding carboxylic acids is 1. The zero-order valence-corrected chi connectivity index (χ0v) is 14.1. The summed E-state index contributed by atoms with van der Waals surface area (Å²) in [5.41, 5.74) is 2.06. The second-order valence-corrected chi connectivity index (χ2v) is 6.31. The summed E-state index contributed by atoms with van der Waals surface area (Å²) in [7, 11) is 0. The molecular formula is C20H21N3O2. The summed E-state index contributed by atoms with van der Waals surface area (Å²) in [6.07, 6.45) is 8.26. The van der Waals surface area contributed by atoms with Gasteiger partial charge in [-0.1, -0.05) is 24.3 Å². The van der Waals surface area contributed by atoms with Gasteiger partial charge in [0.2, 0.25) is 5.91 Å². The lowest BCUT2D eigenvalue weighted by Gasteiger charge is -2.27. The zero-order chi connectivity index (χ0) is 17.1. The van der Waals surface area contributed by atoms with Crippen molar-refractivity contribution in [2.45, 2.75) is 25.8 Å². The second kappa shape index (κ2) is 6.97. The monoisotopic (exact) mass is 335 g/mol. The molecule has 25 heavy (non-hydrogen) atoms. The van der Waals surface area contributed by atoms with Crippen LogP contribution < -0.4 is 0 Å². The van der Waals surface area contributed by atoms with Crippen LogP contribution in [0.1, 0.15) is 19.3 Å². The molecule has 0 bridgehead atoms. The minimum atomic E-state index is 0.268. The maximum Gasteiger partial charge on any atom is 0.222 e. The van der Waals surface area contributed by atoms with Crippen molar-refractivity contribution < 1.29 is 9.21 Å². The first-order chi connectivity index (χ1) is 12.3. The number of hydrogen-bond acceptors (Lipinski definition) is 3. The van der Waals surface area contributed by atoms with Gasteiger partial charge in [0.25, 0.3) is 0 Å². The average Bonchev–Trinajstić information content (AvgIpc) is 3.33. The summed E-state index contributed by atoms with van der Waals surface area (Å²) in [4.78, 5) is 18.5. The van der Waals surface area contributed by atoms with Gasteiger partial charge in [0, 0.05) is 49.6 Å². The number of likely N-dealkylation sites (tertiary alicyclic amines) is 1. The van der Waals surface area contributed by atoms with Crippen molar-refractivity contribution in [2.75, 3.05) is 13.1 Å². The Hall–Kier alpha value is -2.82. The Morgan fingerprint density at radius 3 is 2.72 bits per heavy atom. The van der Waals surface area contributed by atoms with Gasteiger partial charge < -0.3 is 13.9 Å². The van der Waals surface area contributed by atoms with Crippen molar-refractivity contribution in [3.63, 3.8) is 0 Å². The van der Waals surface area contributed by atoms with Crippen molar-refractivity contribution >= 4 is 5.91 Å². The van der Waals surface area contributed by atoms with Crippen LogP contribution in [0.4, 0.5) is 0 Å². The third-order valence-electron chi connectivity index (χ3n) is 4.70. The van der Waals surface area contributed by atoms with E-state index < -0.39 is 0 Å². The van der Waals surface area contributed by atoms with Crippen molar-refractivity contribution in [3.05, 3.63) is 55.1 Å². The Balaban J connectivity index is 1.59. The molecule has 1 aliphatic heterocycles. The number of imidazole rings is 1. The van der Waals surface area contributed by atoms with Crippen LogP contribution >= 0.6 is 0 Å². The second-order valence-electron chi connectivity index (χ2n) is 6.31. The van der Waals surface area contributed by atoms with Gasteiger partial charge in [-0.15, -0.1) is 0 Å². The van der Waals surface area contributed by atoms with Crippen LogP contribution in [0.15, 0.2) is 59.5 Å². The first-order valence-electron chi connectivity index (χ1n) is 8.75. The van der Waals surface area contributed by atoms with Crippen molar-refractivity contribution in [2.24, 2.45) is 0 Å². The number of rotatable bonds is 5. The lowest BCUT2D eigenvalue weighted by molar-refractivity contribution is -0.133. The molecule has 0 radical (unpaired) electrons. The Bertz CT molecular complexity index is 851. The van der Waals surface area contributed by atoms with Crippen LogP contribution in [0, 0.1) is 0 Å². The molecule has 3 aromatic rings. The number of piperidine rings is 1. The van der Waals surface area contributed by atoms with Gasteiger partial charge in [-0.2, -0.15) is 0 Å². The molecule has 1 aromatic carbocycles. The molecule has 1 saturated heterocycles. The number of amides is 1. The predicted molar refractivity (Wildman–Crippen MR) is 95.8 cm³/mol. The highest BCUT2D eigenvalue weighted by atomic mass is 16.3. The van der Waals surface area contributed by atoms with Gasteiger partial charge in [-0.3, -0.25) is 4.79 Å². The fourth-order valence-corrected chi connectivity index (χ4v) is 3.39. The maximum atomic E-state index is 12.0. The summed E-state index contributed by atoms with van der Waals surface area (Å²) in [6, 6.07) is 12.0. The highest BCUT2D eigenvalue weighted by Gasteiger charge is 2.19. The van der Waals surface area contributed by atoms with Crippen LogP contribution in [-0.4, -0.2) is 33.4 Å². The van der Waals surface area contributed by atoms with Gasteiger partial charge >= 0.3 is 0 Å². The highest BCUT2D eigenvalue weighted by Crippen LogP contribution is 2.31.